The number of benzene rings is 1. The number of ether oxygens (including phenoxy) is 1. The standard InChI is InChI=1S/C24H27NO4/c26-22(25-23-15-7-13-6-14(9-15)10-16(23)8-13)12-28-17-4-5-19-18-2-1-3-20(18)24(27)29-21(19)11-17/h4-5,11,13-16,23H,1-3,6-10,12H2,(H,25,26). The van der Waals surface area contributed by atoms with E-state index >= 15 is 0 Å². The van der Waals surface area contributed by atoms with Crippen molar-refractivity contribution in [1.29, 1.82) is 0 Å². The van der Waals surface area contributed by atoms with Crippen LogP contribution in [0.2, 0.25) is 0 Å². The minimum Gasteiger partial charge on any atom is -0.484 e. The van der Waals surface area contributed by atoms with E-state index in [1.807, 2.05) is 12.1 Å². The molecule has 1 aromatic heterocycles. The van der Waals surface area contributed by atoms with Crippen LogP contribution in [0, 0.1) is 23.7 Å². The van der Waals surface area contributed by atoms with Gasteiger partial charge in [0, 0.05) is 23.1 Å². The molecule has 1 N–H and O–H groups in total. The summed E-state index contributed by atoms with van der Waals surface area (Å²) in [5.74, 6) is 3.64. The lowest BCUT2D eigenvalue weighted by molar-refractivity contribution is -0.127. The zero-order valence-corrected chi connectivity index (χ0v) is 16.6. The lowest BCUT2D eigenvalue weighted by atomic mass is 9.54. The number of amides is 1. The monoisotopic (exact) mass is 393 g/mol. The summed E-state index contributed by atoms with van der Waals surface area (Å²) in [4.78, 5) is 24.7. The highest BCUT2D eigenvalue weighted by molar-refractivity contribution is 5.83. The summed E-state index contributed by atoms with van der Waals surface area (Å²) < 4.78 is 11.3. The minimum absolute atomic E-state index is 0.00345. The Labute approximate surface area is 169 Å². The van der Waals surface area contributed by atoms with Crippen molar-refractivity contribution in [1.82, 2.24) is 5.32 Å². The maximum absolute atomic E-state index is 12.6. The second-order valence-corrected chi connectivity index (χ2v) is 9.67. The zero-order valence-electron chi connectivity index (χ0n) is 16.6. The van der Waals surface area contributed by atoms with Crippen LogP contribution in [0.5, 0.6) is 5.75 Å². The van der Waals surface area contributed by atoms with Gasteiger partial charge >= 0.3 is 5.63 Å². The first-order valence-corrected chi connectivity index (χ1v) is 11.1. The highest BCUT2D eigenvalue weighted by atomic mass is 16.5. The Balaban J connectivity index is 1.13. The van der Waals surface area contributed by atoms with E-state index in [0.29, 0.717) is 29.2 Å². The Kier molecular flexibility index (Phi) is 4.00. The van der Waals surface area contributed by atoms with E-state index in [-0.39, 0.29) is 18.1 Å². The van der Waals surface area contributed by atoms with Gasteiger partial charge in [0.2, 0.25) is 0 Å². The van der Waals surface area contributed by atoms with Crippen LogP contribution in [-0.4, -0.2) is 18.6 Å². The van der Waals surface area contributed by atoms with Gasteiger partial charge in [0.05, 0.1) is 0 Å². The first kappa shape index (κ1) is 17.5. The van der Waals surface area contributed by atoms with Crippen LogP contribution < -0.4 is 15.7 Å². The predicted octanol–water partition coefficient (Wildman–Crippen LogP) is 3.60. The van der Waals surface area contributed by atoms with Crippen LogP contribution in [0.4, 0.5) is 0 Å². The van der Waals surface area contributed by atoms with E-state index in [9.17, 15) is 9.59 Å². The van der Waals surface area contributed by atoms with E-state index in [0.717, 1.165) is 47.6 Å². The van der Waals surface area contributed by atoms with Gasteiger partial charge in [-0.15, -0.1) is 0 Å². The summed E-state index contributed by atoms with van der Waals surface area (Å²) in [5, 5.41) is 4.26. The number of hydrogen-bond acceptors (Lipinski definition) is 4. The van der Waals surface area contributed by atoms with E-state index in [4.69, 9.17) is 9.15 Å². The van der Waals surface area contributed by atoms with Crippen molar-refractivity contribution in [3.05, 3.63) is 39.7 Å². The van der Waals surface area contributed by atoms with Crippen LogP contribution in [0.25, 0.3) is 11.0 Å². The Hall–Kier alpha value is -2.30. The fourth-order valence-electron chi connectivity index (χ4n) is 6.89. The molecule has 4 saturated carbocycles. The van der Waals surface area contributed by atoms with Crippen LogP contribution in [0.3, 0.4) is 0 Å². The Morgan fingerprint density at radius 3 is 2.52 bits per heavy atom. The van der Waals surface area contributed by atoms with E-state index in [2.05, 4.69) is 5.32 Å². The fraction of sp³-hybridized carbons (Fsp3) is 0.583. The predicted molar refractivity (Wildman–Crippen MR) is 109 cm³/mol. The van der Waals surface area contributed by atoms with E-state index in [1.165, 1.54) is 32.1 Å². The van der Waals surface area contributed by atoms with Gasteiger partial charge in [-0.25, -0.2) is 4.79 Å². The largest absolute Gasteiger partial charge is 0.484 e. The zero-order chi connectivity index (χ0) is 19.5. The number of carbonyl (C=O) groups is 1. The average Bonchev–Trinajstić information content (AvgIpc) is 3.19. The smallest absolute Gasteiger partial charge is 0.339 e. The topological polar surface area (TPSA) is 68.5 Å². The minimum atomic E-state index is -0.234. The molecule has 0 radical (unpaired) electrons. The van der Waals surface area contributed by atoms with Crippen molar-refractivity contribution >= 4 is 16.9 Å². The normalized spacial score (nSPS) is 31.8. The summed E-state index contributed by atoms with van der Waals surface area (Å²) in [6.07, 6.45) is 9.28. The van der Waals surface area contributed by atoms with Crippen molar-refractivity contribution < 1.29 is 13.9 Å². The molecule has 4 fully saturated rings. The van der Waals surface area contributed by atoms with Crippen LogP contribution >= 0.6 is 0 Å². The number of hydrogen-bond donors (Lipinski definition) is 1. The van der Waals surface area contributed by atoms with Crippen LogP contribution in [0.15, 0.2) is 27.4 Å². The molecule has 1 aromatic carbocycles. The number of carbonyl (C=O) groups excluding carboxylic acids is 1. The summed E-state index contributed by atoms with van der Waals surface area (Å²) in [5.41, 5.74) is 2.25. The number of aryl methyl sites for hydroxylation is 1. The van der Waals surface area contributed by atoms with Crippen LogP contribution in [-0.2, 0) is 17.6 Å². The van der Waals surface area contributed by atoms with Gasteiger partial charge in [0.1, 0.15) is 11.3 Å². The summed E-state index contributed by atoms with van der Waals surface area (Å²) >= 11 is 0. The number of fused-ring (bicyclic) bond motifs is 3. The van der Waals surface area contributed by atoms with E-state index in [1.54, 1.807) is 6.07 Å². The second-order valence-electron chi connectivity index (χ2n) is 9.67. The molecule has 0 saturated heterocycles. The Morgan fingerprint density at radius 1 is 1.03 bits per heavy atom. The third-order valence-electron chi connectivity index (χ3n) is 7.87. The summed E-state index contributed by atoms with van der Waals surface area (Å²) in [6.45, 7) is 0.00345. The molecule has 1 heterocycles. The summed E-state index contributed by atoms with van der Waals surface area (Å²) in [6, 6.07) is 5.90. The third-order valence-corrected chi connectivity index (χ3v) is 7.87. The molecule has 1 amide bonds. The Morgan fingerprint density at radius 2 is 1.76 bits per heavy atom. The summed E-state index contributed by atoms with van der Waals surface area (Å²) in [7, 11) is 0. The van der Waals surface area contributed by atoms with Crippen molar-refractivity contribution in [3.63, 3.8) is 0 Å². The average molecular weight is 393 g/mol. The molecule has 5 aliphatic rings. The van der Waals surface area contributed by atoms with Gasteiger partial charge in [0.15, 0.2) is 6.61 Å². The molecule has 2 aromatic rings. The van der Waals surface area contributed by atoms with E-state index < -0.39 is 0 Å². The van der Waals surface area contributed by atoms with Gasteiger partial charge in [-0.3, -0.25) is 4.79 Å². The molecule has 7 rings (SSSR count). The van der Waals surface area contributed by atoms with Crippen molar-refractivity contribution in [3.8, 4) is 5.75 Å². The molecule has 4 bridgehead atoms. The maximum atomic E-state index is 12.6. The molecule has 29 heavy (non-hydrogen) atoms. The molecule has 0 aliphatic heterocycles. The van der Waals surface area contributed by atoms with Crippen molar-refractivity contribution in [2.45, 2.75) is 57.4 Å². The molecule has 0 spiro atoms. The van der Waals surface area contributed by atoms with Crippen molar-refractivity contribution in [2.24, 2.45) is 23.7 Å². The fourth-order valence-corrected chi connectivity index (χ4v) is 6.89. The highest BCUT2D eigenvalue weighted by Gasteiger charge is 2.48. The first-order chi connectivity index (χ1) is 14.1. The molecule has 5 heteroatoms. The second kappa shape index (κ2) is 6.61. The molecular weight excluding hydrogens is 366 g/mol. The molecule has 0 unspecified atom stereocenters. The Bertz CT molecular complexity index is 1010. The lowest BCUT2D eigenvalue weighted by Gasteiger charge is -2.54. The number of rotatable bonds is 4. The van der Waals surface area contributed by atoms with Gasteiger partial charge in [0.25, 0.3) is 5.91 Å². The molecule has 152 valence electrons. The van der Waals surface area contributed by atoms with Crippen molar-refractivity contribution in [2.75, 3.05) is 6.61 Å². The quantitative estimate of drug-likeness (QED) is 0.806. The maximum Gasteiger partial charge on any atom is 0.339 e. The lowest BCUT2D eigenvalue weighted by Crippen LogP contribution is -2.56. The highest BCUT2D eigenvalue weighted by Crippen LogP contribution is 2.53. The molecular formula is C24H27NO4. The van der Waals surface area contributed by atoms with Gasteiger partial charge in [-0.05, 0) is 92.7 Å². The first-order valence-electron chi connectivity index (χ1n) is 11.1. The SMILES string of the molecule is O=C(COc1ccc2c3c(c(=O)oc2c1)CCC3)NC1C2CC3CC(C2)CC1C3. The van der Waals surface area contributed by atoms with Gasteiger partial charge < -0.3 is 14.5 Å². The van der Waals surface area contributed by atoms with Gasteiger partial charge in [-0.1, -0.05) is 0 Å². The van der Waals surface area contributed by atoms with Crippen LogP contribution in [0.1, 0.15) is 49.7 Å². The molecule has 0 atom stereocenters. The van der Waals surface area contributed by atoms with Gasteiger partial charge in [-0.2, -0.15) is 0 Å². The third kappa shape index (κ3) is 2.97. The molecule has 5 nitrogen and oxygen atoms in total. The molecule has 5 aliphatic carbocycles. The number of nitrogens with one attached hydrogen (secondary N) is 1.